The van der Waals surface area contributed by atoms with Crippen molar-refractivity contribution >= 4 is 34.8 Å². The van der Waals surface area contributed by atoms with Crippen LogP contribution in [0.15, 0.2) is 24.3 Å². The summed E-state index contributed by atoms with van der Waals surface area (Å²) >= 11 is 18.5. The van der Waals surface area contributed by atoms with Crippen molar-refractivity contribution in [2.24, 2.45) is 13.0 Å². The Morgan fingerprint density at radius 2 is 1.81 bits per heavy atom. The van der Waals surface area contributed by atoms with Crippen molar-refractivity contribution in [2.75, 3.05) is 5.88 Å². The molecule has 0 amide bonds. The lowest BCUT2D eigenvalue weighted by molar-refractivity contribution is 0.551. The van der Waals surface area contributed by atoms with Gasteiger partial charge in [0.15, 0.2) is 0 Å². The van der Waals surface area contributed by atoms with Crippen molar-refractivity contribution in [3.63, 3.8) is 0 Å². The lowest BCUT2D eigenvalue weighted by Crippen LogP contribution is -2.13. The number of aryl methyl sites for hydroxylation is 2. The summed E-state index contributed by atoms with van der Waals surface area (Å²) in [6, 6.07) is 7.91. The van der Waals surface area contributed by atoms with Gasteiger partial charge in [-0.3, -0.25) is 4.68 Å². The van der Waals surface area contributed by atoms with Gasteiger partial charge in [-0.05, 0) is 42.9 Å². The molecule has 2 aromatic rings. The van der Waals surface area contributed by atoms with E-state index in [1.54, 1.807) is 0 Å². The first-order chi connectivity index (χ1) is 10.0. The standard InChI is InChI=1S/C16H19Cl3N2/c1-3-14-16(19)15(21(2)20-14)9-12(10-17)8-11-4-6-13(18)7-5-11/h4-7,12H,3,8-10H2,1-2H3. The molecule has 0 spiro atoms. The number of nitrogens with zero attached hydrogens (tertiary/aromatic N) is 2. The summed E-state index contributed by atoms with van der Waals surface area (Å²) in [5.41, 5.74) is 3.25. The van der Waals surface area contributed by atoms with Gasteiger partial charge in [0.1, 0.15) is 0 Å². The Labute approximate surface area is 141 Å². The molecule has 21 heavy (non-hydrogen) atoms. The SMILES string of the molecule is CCc1nn(C)c(CC(CCl)Cc2ccc(Cl)cc2)c1Cl. The van der Waals surface area contributed by atoms with E-state index in [0.29, 0.717) is 11.8 Å². The Kier molecular flexibility index (Phi) is 5.98. The zero-order valence-corrected chi connectivity index (χ0v) is 14.5. The molecule has 0 bridgehead atoms. The van der Waals surface area contributed by atoms with Crippen LogP contribution in [0.1, 0.15) is 23.9 Å². The molecule has 114 valence electrons. The van der Waals surface area contributed by atoms with Crippen LogP contribution in [-0.4, -0.2) is 15.7 Å². The molecule has 1 heterocycles. The van der Waals surface area contributed by atoms with Gasteiger partial charge in [-0.2, -0.15) is 5.10 Å². The van der Waals surface area contributed by atoms with Crippen LogP contribution in [0.2, 0.25) is 10.0 Å². The van der Waals surface area contributed by atoms with Gasteiger partial charge in [0.2, 0.25) is 0 Å². The Bertz CT molecular complexity index is 590. The number of aromatic nitrogens is 2. The van der Waals surface area contributed by atoms with Crippen LogP contribution in [0.4, 0.5) is 0 Å². The normalized spacial score (nSPS) is 12.6. The van der Waals surface area contributed by atoms with E-state index >= 15 is 0 Å². The first kappa shape index (κ1) is 16.7. The summed E-state index contributed by atoms with van der Waals surface area (Å²) in [5.74, 6) is 0.913. The smallest absolute Gasteiger partial charge is 0.0849 e. The molecule has 0 fully saturated rings. The third kappa shape index (κ3) is 4.15. The number of alkyl halides is 1. The fraction of sp³-hybridized carbons (Fsp3) is 0.438. The van der Waals surface area contributed by atoms with Crippen LogP contribution in [0.25, 0.3) is 0 Å². The number of benzene rings is 1. The summed E-state index contributed by atoms with van der Waals surface area (Å²) in [6.07, 6.45) is 2.58. The molecule has 1 atom stereocenters. The predicted octanol–water partition coefficient (Wildman–Crippen LogP) is 4.93. The van der Waals surface area contributed by atoms with Gasteiger partial charge in [-0.25, -0.2) is 0 Å². The average molecular weight is 346 g/mol. The summed E-state index contributed by atoms with van der Waals surface area (Å²) in [4.78, 5) is 0. The minimum absolute atomic E-state index is 0.324. The second-order valence-electron chi connectivity index (χ2n) is 5.24. The predicted molar refractivity (Wildman–Crippen MR) is 90.7 cm³/mol. The van der Waals surface area contributed by atoms with Gasteiger partial charge in [-0.15, -0.1) is 11.6 Å². The molecule has 2 nitrogen and oxygen atoms in total. The third-order valence-electron chi connectivity index (χ3n) is 3.64. The molecule has 0 saturated heterocycles. The molecular formula is C16H19Cl3N2. The van der Waals surface area contributed by atoms with Gasteiger partial charge < -0.3 is 0 Å². The highest BCUT2D eigenvalue weighted by Crippen LogP contribution is 2.25. The second kappa shape index (κ2) is 7.53. The average Bonchev–Trinajstić information content (AvgIpc) is 2.75. The van der Waals surface area contributed by atoms with Crippen LogP contribution in [0.5, 0.6) is 0 Å². The van der Waals surface area contributed by atoms with E-state index < -0.39 is 0 Å². The number of hydrogen-bond acceptors (Lipinski definition) is 1. The van der Waals surface area contributed by atoms with Crippen molar-refractivity contribution in [1.29, 1.82) is 0 Å². The molecule has 0 radical (unpaired) electrons. The maximum Gasteiger partial charge on any atom is 0.0849 e. The highest BCUT2D eigenvalue weighted by molar-refractivity contribution is 6.32. The minimum Gasteiger partial charge on any atom is -0.271 e. The van der Waals surface area contributed by atoms with Crippen molar-refractivity contribution < 1.29 is 0 Å². The van der Waals surface area contributed by atoms with Gasteiger partial charge in [0.25, 0.3) is 0 Å². The van der Waals surface area contributed by atoms with Crippen LogP contribution >= 0.6 is 34.8 Å². The van der Waals surface area contributed by atoms with Crippen molar-refractivity contribution in [2.45, 2.75) is 26.2 Å². The topological polar surface area (TPSA) is 17.8 Å². The zero-order valence-electron chi connectivity index (χ0n) is 12.2. The molecule has 0 aliphatic carbocycles. The fourth-order valence-electron chi connectivity index (χ4n) is 2.45. The highest BCUT2D eigenvalue weighted by atomic mass is 35.5. The molecular weight excluding hydrogens is 327 g/mol. The molecule has 2 rings (SSSR count). The molecule has 0 aliphatic heterocycles. The summed E-state index contributed by atoms with van der Waals surface area (Å²) in [7, 11) is 1.94. The molecule has 5 heteroatoms. The maximum absolute atomic E-state index is 6.41. The summed E-state index contributed by atoms with van der Waals surface area (Å²) in [5, 5.41) is 6.00. The Morgan fingerprint density at radius 1 is 1.14 bits per heavy atom. The maximum atomic E-state index is 6.41. The van der Waals surface area contributed by atoms with Crippen molar-refractivity contribution in [3.05, 3.63) is 51.3 Å². The first-order valence-corrected chi connectivity index (χ1v) is 8.34. The minimum atomic E-state index is 0.324. The zero-order chi connectivity index (χ0) is 15.4. The molecule has 0 saturated carbocycles. The third-order valence-corrected chi connectivity index (χ3v) is 4.77. The molecule has 0 N–H and O–H groups in total. The van der Waals surface area contributed by atoms with Gasteiger partial charge in [0, 0.05) is 18.0 Å². The Hall–Kier alpha value is -0.700. The lowest BCUT2D eigenvalue weighted by Gasteiger charge is -2.14. The number of rotatable bonds is 6. The van der Waals surface area contributed by atoms with E-state index in [1.807, 2.05) is 36.0 Å². The van der Waals surface area contributed by atoms with Crippen LogP contribution in [0, 0.1) is 5.92 Å². The van der Waals surface area contributed by atoms with E-state index in [-0.39, 0.29) is 0 Å². The van der Waals surface area contributed by atoms with E-state index in [9.17, 15) is 0 Å². The highest BCUT2D eigenvalue weighted by Gasteiger charge is 2.18. The van der Waals surface area contributed by atoms with Crippen LogP contribution in [-0.2, 0) is 26.3 Å². The number of hydrogen-bond donors (Lipinski definition) is 0. The first-order valence-electron chi connectivity index (χ1n) is 7.05. The fourth-order valence-corrected chi connectivity index (χ4v) is 3.17. The molecule has 1 unspecified atom stereocenters. The van der Waals surface area contributed by atoms with E-state index in [0.717, 1.165) is 40.7 Å². The van der Waals surface area contributed by atoms with Gasteiger partial charge >= 0.3 is 0 Å². The van der Waals surface area contributed by atoms with E-state index in [1.165, 1.54) is 5.56 Å². The van der Waals surface area contributed by atoms with E-state index in [4.69, 9.17) is 34.8 Å². The van der Waals surface area contributed by atoms with Gasteiger partial charge in [-0.1, -0.05) is 42.3 Å². The summed E-state index contributed by atoms with van der Waals surface area (Å²) < 4.78 is 1.88. The largest absolute Gasteiger partial charge is 0.271 e. The van der Waals surface area contributed by atoms with Crippen molar-refractivity contribution in [3.8, 4) is 0 Å². The number of halogens is 3. The van der Waals surface area contributed by atoms with Crippen LogP contribution < -0.4 is 0 Å². The molecule has 1 aromatic carbocycles. The van der Waals surface area contributed by atoms with Crippen molar-refractivity contribution in [1.82, 2.24) is 9.78 Å². The van der Waals surface area contributed by atoms with E-state index in [2.05, 4.69) is 12.0 Å². The monoisotopic (exact) mass is 344 g/mol. The van der Waals surface area contributed by atoms with Gasteiger partial charge in [0.05, 0.1) is 16.4 Å². The second-order valence-corrected chi connectivity index (χ2v) is 6.36. The lowest BCUT2D eigenvalue weighted by atomic mass is 9.96. The molecule has 0 aliphatic rings. The Morgan fingerprint density at radius 3 is 2.33 bits per heavy atom. The molecule has 1 aromatic heterocycles. The summed E-state index contributed by atoms with van der Waals surface area (Å²) in [6.45, 7) is 2.06. The van der Waals surface area contributed by atoms with Crippen LogP contribution in [0.3, 0.4) is 0 Å². The Balaban J connectivity index is 2.12. The quantitative estimate of drug-likeness (QED) is 0.679.